The molecule has 2 N–H and O–H groups in total. The average Bonchev–Trinajstić information content (AvgIpc) is 2.22. The molecule has 0 atom stereocenters. The van der Waals surface area contributed by atoms with E-state index in [1.807, 2.05) is 6.07 Å². The van der Waals surface area contributed by atoms with Crippen molar-refractivity contribution in [2.45, 2.75) is 31.3 Å². The first-order chi connectivity index (χ1) is 7.65. The number of aliphatic hydroxyl groups excluding tert-OH is 1. The summed E-state index contributed by atoms with van der Waals surface area (Å²) in [6.45, 7) is 0.838. The van der Waals surface area contributed by atoms with E-state index >= 15 is 0 Å². The molecular weight excluding hydrogens is 245 g/mol. The molecule has 1 saturated carbocycles. The third-order valence-electron chi connectivity index (χ3n) is 3.27. The summed E-state index contributed by atoms with van der Waals surface area (Å²) in [5.41, 5.74) is 0.889. The molecule has 2 rings (SSSR count). The van der Waals surface area contributed by atoms with Crippen LogP contribution in [-0.4, -0.2) is 17.3 Å². The highest BCUT2D eigenvalue weighted by Crippen LogP contribution is 2.32. The Hall–Kier alpha value is -0.280. The van der Waals surface area contributed by atoms with Crippen LogP contribution in [0.4, 0.5) is 0 Å². The highest BCUT2D eigenvalue weighted by atomic mass is 35.5. The number of hydrogen-bond acceptors (Lipinski definition) is 2. The van der Waals surface area contributed by atoms with E-state index in [1.165, 1.54) is 6.42 Å². The summed E-state index contributed by atoms with van der Waals surface area (Å²) in [5, 5.41) is 14.1. The van der Waals surface area contributed by atoms with Gasteiger partial charge in [-0.1, -0.05) is 23.2 Å². The molecule has 1 aliphatic carbocycles. The fraction of sp³-hybridized carbons (Fsp3) is 0.500. The first kappa shape index (κ1) is 12.2. The third-order valence-corrected chi connectivity index (χ3v) is 3.88. The molecule has 0 aliphatic heterocycles. The smallest absolute Gasteiger partial charge is 0.0613 e. The van der Waals surface area contributed by atoms with E-state index in [-0.39, 0.29) is 12.1 Å². The molecule has 0 aromatic heterocycles. The number of nitrogens with one attached hydrogen (secondary N) is 1. The quantitative estimate of drug-likeness (QED) is 0.872. The van der Waals surface area contributed by atoms with Crippen LogP contribution in [-0.2, 0) is 6.54 Å². The van der Waals surface area contributed by atoms with Gasteiger partial charge in [0.2, 0.25) is 0 Å². The Morgan fingerprint density at radius 2 is 2.06 bits per heavy atom. The molecule has 1 aromatic rings. The van der Waals surface area contributed by atoms with Crippen molar-refractivity contribution in [1.29, 1.82) is 0 Å². The highest BCUT2D eigenvalue weighted by molar-refractivity contribution is 6.33. The molecule has 0 heterocycles. The first-order valence-electron chi connectivity index (χ1n) is 5.45. The molecule has 0 spiro atoms. The van der Waals surface area contributed by atoms with Crippen LogP contribution in [0.3, 0.4) is 0 Å². The molecule has 0 amide bonds. The summed E-state index contributed by atoms with van der Waals surface area (Å²) in [5.74, 6) is 0. The lowest BCUT2D eigenvalue weighted by Gasteiger charge is -2.41. The van der Waals surface area contributed by atoms with Crippen molar-refractivity contribution < 1.29 is 5.11 Å². The zero-order chi connectivity index (χ0) is 11.6. The van der Waals surface area contributed by atoms with Gasteiger partial charge in [-0.15, -0.1) is 0 Å². The van der Waals surface area contributed by atoms with Crippen LogP contribution in [0, 0.1) is 0 Å². The Balaban J connectivity index is 2.01. The van der Waals surface area contributed by atoms with E-state index in [0.29, 0.717) is 16.6 Å². The molecule has 0 unspecified atom stereocenters. The molecular formula is C12H15Cl2NO. The van der Waals surface area contributed by atoms with Crippen molar-refractivity contribution in [3.05, 3.63) is 33.8 Å². The zero-order valence-corrected chi connectivity index (χ0v) is 10.5. The number of benzene rings is 1. The van der Waals surface area contributed by atoms with Gasteiger partial charge in [0.05, 0.1) is 6.61 Å². The van der Waals surface area contributed by atoms with Gasteiger partial charge in [-0.2, -0.15) is 0 Å². The number of aliphatic hydroxyl groups is 1. The van der Waals surface area contributed by atoms with Crippen LogP contribution in [0.2, 0.25) is 10.0 Å². The molecule has 16 heavy (non-hydrogen) atoms. The van der Waals surface area contributed by atoms with Crippen molar-refractivity contribution in [2.75, 3.05) is 6.61 Å². The van der Waals surface area contributed by atoms with Gasteiger partial charge in [-0.25, -0.2) is 0 Å². The molecule has 1 fully saturated rings. The van der Waals surface area contributed by atoms with Crippen LogP contribution in [0.25, 0.3) is 0 Å². The monoisotopic (exact) mass is 259 g/mol. The maximum atomic E-state index is 9.32. The largest absolute Gasteiger partial charge is 0.394 e. The molecule has 0 saturated heterocycles. The molecule has 1 aromatic carbocycles. The Labute approximate surface area is 106 Å². The molecule has 2 nitrogen and oxygen atoms in total. The van der Waals surface area contributed by atoms with Gasteiger partial charge in [0, 0.05) is 22.1 Å². The van der Waals surface area contributed by atoms with E-state index in [2.05, 4.69) is 5.32 Å². The summed E-state index contributed by atoms with van der Waals surface area (Å²) >= 11 is 12.0. The molecule has 1 aliphatic rings. The minimum absolute atomic E-state index is 0.0916. The topological polar surface area (TPSA) is 32.3 Å². The summed E-state index contributed by atoms with van der Waals surface area (Å²) < 4.78 is 0. The summed E-state index contributed by atoms with van der Waals surface area (Å²) in [7, 11) is 0. The molecule has 4 heteroatoms. The van der Waals surface area contributed by atoms with Gasteiger partial charge < -0.3 is 10.4 Å². The van der Waals surface area contributed by atoms with Crippen molar-refractivity contribution in [3.63, 3.8) is 0 Å². The predicted octanol–water partition coefficient (Wildman–Crippen LogP) is 3.00. The lowest BCUT2D eigenvalue weighted by atomic mass is 9.77. The van der Waals surface area contributed by atoms with Crippen LogP contribution in [0.5, 0.6) is 0 Å². The lowest BCUT2D eigenvalue weighted by Crippen LogP contribution is -2.53. The summed E-state index contributed by atoms with van der Waals surface area (Å²) in [6.07, 6.45) is 3.24. The molecule has 88 valence electrons. The van der Waals surface area contributed by atoms with Gasteiger partial charge in [-0.05, 0) is 43.0 Å². The summed E-state index contributed by atoms with van der Waals surface area (Å²) in [4.78, 5) is 0. The van der Waals surface area contributed by atoms with Crippen LogP contribution < -0.4 is 5.32 Å². The Morgan fingerprint density at radius 1 is 1.31 bits per heavy atom. The fourth-order valence-electron chi connectivity index (χ4n) is 1.96. The van der Waals surface area contributed by atoms with Crippen molar-refractivity contribution >= 4 is 23.2 Å². The standard InChI is InChI=1S/C12H15Cl2NO/c13-10-2-3-11(14)9(6-10)7-15-12(8-16)4-1-5-12/h2-3,6,15-16H,1,4-5,7-8H2. The minimum atomic E-state index is -0.0916. The van der Waals surface area contributed by atoms with Gasteiger partial charge in [0.1, 0.15) is 0 Å². The van der Waals surface area contributed by atoms with E-state index in [1.54, 1.807) is 12.1 Å². The van der Waals surface area contributed by atoms with Crippen molar-refractivity contribution in [1.82, 2.24) is 5.32 Å². The van der Waals surface area contributed by atoms with Crippen LogP contribution in [0.15, 0.2) is 18.2 Å². The van der Waals surface area contributed by atoms with Crippen LogP contribution >= 0.6 is 23.2 Å². The van der Waals surface area contributed by atoms with Gasteiger partial charge in [-0.3, -0.25) is 0 Å². The summed E-state index contributed by atoms with van der Waals surface area (Å²) in [6, 6.07) is 5.44. The minimum Gasteiger partial charge on any atom is -0.394 e. The third kappa shape index (κ3) is 2.51. The highest BCUT2D eigenvalue weighted by Gasteiger charge is 2.35. The van der Waals surface area contributed by atoms with E-state index in [4.69, 9.17) is 23.2 Å². The zero-order valence-electron chi connectivity index (χ0n) is 8.97. The van der Waals surface area contributed by atoms with E-state index < -0.39 is 0 Å². The predicted molar refractivity (Wildman–Crippen MR) is 67.0 cm³/mol. The molecule has 0 radical (unpaired) electrons. The van der Waals surface area contributed by atoms with Gasteiger partial charge in [0.15, 0.2) is 0 Å². The SMILES string of the molecule is OCC1(NCc2cc(Cl)ccc2Cl)CCC1. The number of rotatable bonds is 4. The lowest BCUT2D eigenvalue weighted by molar-refractivity contribution is 0.0872. The maximum absolute atomic E-state index is 9.32. The van der Waals surface area contributed by atoms with E-state index in [0.717, 1.165) is 18.4 Å². The Bertz CT molecular complexity index is 372. The average molecular weight is 260 g/mol. The number of halogens is 2. The van der Waals surface area contributed by atoms with Crippen LogP contribution in [0.1, 0.15) is 24.8 Å². The van der Waals surface area contributed by atoms with E-state index in [9.17, 15) is 5.11 Å². The molecule has 0 bridgehead atoms. The van der Waals surface area contributed by atoms with Gasteiger partial charge >= 0.3 is 0 Å². The second kappa shape index (κ2) is 4.92. The maximum Gasteiger partial charge on any atom is 0.0613 e. The Kier molecular flexibility index (Phi) is 3.75. The normalized spacial score (nSPS) is 18.2. The fourth-order valence-corrected chi connectivity index (χ4v) is 2.33. The van der Waals surface area contributed by atoms with Crippen molar-refractivity contribution in [3.8, 4) is 0 Å². The Morgan fingerprint density at radius 3 is 2.62 bits per heavy atom. The first-order valence-corrected chi connectivity index (χ1v) is 6.21. The van der Waals surface area contributed by atoms with Gasteiger partial charge in [0.25, 0.3) is 0 Å². The van der Waals surface area contributed by atoms with Crippen molar-refractivity contribution in [2.24, 2.45) is 0 Å². The second-order valence-corrected chi connectivity index (χ2v) is 5.22. The number of hydrogen-bond donors (Lipinski definition) is 2. The second-order valence-electron chi connectivity index (χ2n) is 4.38.